The summed E-state index contributed by atoms with van der Waals surface area (Å²) in [6.07, 6.45) is 10.4. The molecule has 2 aliphatic rings. The summed E-state index contributed by atoms with van der Waals surface area (Å²) in [6, 6.07) is 1.17. The van der Waals surface area contributed by atoms with Crippen LogP contribution in [0.2, 0.25) is 0 Å². The molecule has 25 heavy (non-hydrogen) atoms. The molecule has 1 aliphatic heterocycles. The molecule has 2 rings (SSSR count). The third-order valence-electron chi connectivity index (χ3n) is 4.89. The molecular weight excluding hydrogens is 453 g/mol. The number of rotatable bonds is 6. The third-order valence-corrected chi connectivity index (χ3v) is 5.62. The molecule has 1 unspecified atom stereocenters. The topological polar surface area (TPSA) is 85.8 Å². The summed E-state index contributed by atoms with van der Waals surface area (Å²) in [5.74, 6) is 0.751. The van der Waals surface area contributed by atoms with Crippen molar-refractivity contribution in [2.75, 3.05) is 39.5 Å². The summed E-state index contributed by atoms with van der Waals surface area (Å²) in [6.45, 7) is 3.17. The van der Waals surface area contributed by atoms with Gasteiger partial charge in [-0.2, -0.15) is 0 Å². The normalized spacial score (nSPS) is 23.8. The number of aliphatic imine (C=N–C) groups is 1. The van der Waals surface area contributed by atoms with Gasteiger partial charge in [-0.1, -0.05) is 19.3 Å². The second kappa shape index (κ2) is 11.6. The summed E-state index contributed by atoms with van der Waals surface area (Å²) in [5, 5.41) is 6.67. The summed E-state index contributed by atoms with van der Waals surface area (Å²) < 4.78 is 24.6. The number of piperidine rings is 1. The SMILES string of the molecule is CN=C(NCCNS(C)(=O)=O)NC1CCCN(C2CCCCC2)C1.I. The minimum absolute atomic E-state index is 0. The lowest BCUT2D eigenvalue weighted by atomic mass is 9.92. The van der Waals surface area contributed by atoms with Crippen molar-refractivity contribution < 1.29 is 8.42 Å². The maximum atomic E-state index is 11.1. The van der Waals surface area contributed by atoms with Crippen LogP contribution in [0.3, 0.4) is 0 Å². The first-order chi connectivity index (χ1) is 11.5. The second-order valence-electron chi connectivity index (χ2n) is 6.94. The summed E-state index contributed by atoms with van der Waals surface area (Å²) in [5.41, 5.74) is 0. The fourth-order valence-electron chi connectivity index (χ4n) is 3.71. The first kappa shape index (κ1) is 22.9. The molecule has 3 N–H and O–H groups in total. The molecule has 0 amide bonds. The number of nitrogens with one attached hydrogen (secondary N) is 3. The summed E-state index contributed by atoms with van der Waals surface area (Å²) >= 11 is 0. The molecule has 9 heteroatoms. The van der Waals surface area contributed by atoms with Crippen LogP contribution < -0.4 is 15.4 Å². The minimum atomic E-state index is -3.13. The van der Waals surface area contributed by atoms with E-state index >= 15 is 0 Å². The van der Waals surface area contributed by atoms with E-state index in [0.717, 1.165) is 25.0 Å². The maximum Gasteiger partial charge on any atom is 0.208 e. The molecule has 0 aromatic carbocycles. The Labute approximate surface area is 169 Å². The van der Waals surface area contributed by atoms with E-state index in [4.69, 9.17) is 0 Å². The van der Waals surface area contributed by atoms with E-state index in [1.54, 1.807) is 7.05 Å². The molecule has 1 saturated carbocycles. The van der Waals surface area contributed by atoms with Gasteiger partial charge >= 0.3 is 0 Å². The number of sulfonamides is 1. The van der Waals surface area contributed by atoms with Gasteiger partial charge in [0.1, 0.15) is 0 Å². The molecule has 148 valence electrons. The average molecular weight is 487 g/mol. The van der Waals surface area contributed by atoms with Gasteiger partial charge in [-0.3, -0.25) is 9.89 Å². The molecule has 0 radical (unpaired) electrons. The maximum absolute atomic E-state index is 11.1. The van der Waals surface area contributed by atoms with Gasteiger partial charge in [0.15, 0.2) is 5.96 Å². The van der Waals surface area contributed by atoms with Crippen molar-refractivity contribution in [1.82, 2.24) is 20.3 Å². The molecule has 0 bridgehead atoms. The molecule has 1 atom stereocenters. The van der Waals surface area contributed by atoms with E-state index in [0.29, 0.717) is 19.1 Å². The molecule has 1 heterocycles. The highest BCUT2D eigenvalue weighted by molar-refractivity contribution is 14.0. The fourth-order valence-corrected chi connectivity index (χ4v) is 4.18. The van der Waals surface area contributed by atoms with Crippen molar-refractivity contribution in [1.29, 1.82) is 0 Å². The monoisotopic (exact) mass is 487 g/mol. The predicted molar refractivity (Wildman–Crippen MR) is 114 cm³/mol. The molecule has 7 nitrogen and oxygen atoms in total. The van der Waals surface area contributed by atoms with Crippen LogP contribution in [0.4, 0.5) is 0 Å². The smallest absolute Gasteiger partial charge is 0.208 e. The van der Waals surface area contributed by atoms with Gasteiger partial charge in [0.25, 0.3) is 0 Å². The Morgan fingerprint density at radius 1 is 1.12 bits per heavy atom. The number of guanidine groups is 1. The number of likely N-dealkylation sites (tertiary alicyclic amines) is 1. The van der Waals surface area contributed by atoms with E-state index in [1.807, 2.05) is 0 Å². The first-order valence-electron chi connectivity index (χ1n) is 9.14. The largest absolute Gasteiger partial charge is 0.355 e. The molecule has 1 aliphatic carbocycles. The molecule has 1 saturated heterocycles. The quantitative estimate of drug-likeness (QED) is 0.226. The fraction of sp³-hybridized carbons (Fsp3) is 0.938. The van der Waals surface area contributed by atoms with Crippen molar-refractivity contribution in [3.63, 3.8) is 0 Å². The molecule has 0 aromatic rings. The van der Waals surface area contributed by atoms with Crippen molar-refractivity contribution in [2.24, 2.45) is 4.99 Å². The Kier molecular flexibility index (Phi) is 10.6. The van der Waals surface area contributed by atoms with Crippen LogP contribution in [-0.2, 0) is 10.0 Å². The second-order valence-corrected chi connectivity index (χ2v) is 8.77. The van der Waals surface area contributed by atoms with Gasteiger partial charge in [0.2, 0.25) is 10.0 Å². The lowest BCUT2D eigenvalue weighted by molar-refractivity contribution is 0.115. The molecular formula is C16H34IN5O2S. The van der Waals surface area contributed by atoms with E-state index in [2.05, 4.69) is 25.2 Å². The number of hydrogen-bond donors (Lipinski definition) is 3. The highest BCUT2D eigenvalue weighted by atomic mass is 127. The van der Waals surface area contributed by atoms with Gasteiger partial charge in [0.05, 0.1) is 6.26 Å². The summed E-state index contributed by atoms with van der Waals surface area (Å²) in [7, 11) is -1.38. The van der Waals surface area contributed by atoms with Crippen LogP contribution in [0, 0.1) is 0 Å². The standard InChI is InChI=1S/C16H33N5O2S.HI/c1-17-16(18-10-11-19-24(2,22)23)20-14-7-6-12-21(13-14)15-8-4-3-5-9-15;/h14-15,19H,3-13H2,1-2H3,(H2,17,18,20);1H. The van der Waals surface area contributed by atoms with Crippen molar-refractivity contribution in [3.8, 4) is 0 Å². The Morgan fingerprint density at radius 2 is 1.84 bits per heavy atom. The Balaban J connectivity index is 0.00000312. The van der Waals surface area contributed by atoms with Gasteiger partial charge in [-0.25, -0.2) is 13.1 Å². The van der Waals surface area contributed by atoms with Crippen LogP contribution in [0.1, 0.15) is 44.9 Å². The highest BCUT2D eigenvalue weighted by Gasteiger charge is 2.27. The Bertz CT molecular complexity index is 509. The third kappa shape index (κ3) is 8.87. The van der Waals surface area contributed by atoms with Gasteiger partial charge in [-0.15, -0.1) is 24.0 Å². The van der Waals surface area contributed by atoms with Gasteiger partial charge in [0, 0.05) is 38.8 Å². The van der Waals surface area contributed by atoms with Crippen LogP contribution in [0.25, 0.3) is 0 Å². The van der Waals surface area contributed by atoms with Crippen LogP contribution in [-0.4, -0.2) is 70.8 Å². The van der Waals surface area contributed by atoms with Crippen molar-refractivity contribution >= 4 is 40.0 Å². The molecule has 2 fully saturated rings. The van der Waals surface area contributed by atoms with E-state index < -0.39 is 10.0 Å². The highest BCUT2D eigenvalue weighted by Crippen LogP contribution is 2.25. The zero-order valence-corrected chi connectivity index (χ0v) is 18.6. The number of hydrogen-bond acceptors (Lipinski definition) is 4. The lowest BCUT2D eigenvalue weighted by Gasteiger charge is -2.40. The first-order valence-corrected chi connectivity index (χ1v) is 11.0. The number of nitrogens with zero attached hydrogens (tertiary/aromatic N) is 2. The zero-order valence-electron chi connectivity index (χ0n) is 15.5. The molecule has 0 aromatic heterocycles. The Hall–Kier alpha value is -0.130. The predicted octanol–water partition coefficient (Wildman–Crippen LogP) is 1.12. The van der Waals surface area contributed by atoms with Crippen LogP contribution in [0.5, 0.6) is 0 Å². The van der Waals surface area contributed by atoms with Crippen molar-refractivity contribution in [2.45, 2.75) is 57.0 Å². The number of halogens is 1. The van der Waals surface area contributed by atoms with Gasteiger partial charge in [-0.05, 0) is 32.2 Å². The molecule has 0 spiro atoms. The van der Waals surface area contributed by atoms with Crippen LogP contribution >= 0.6 is 24.0 Å². The summed E-state index contributed by atoms with van der Waals surface area (Å²) in [4.78, 5) is 6.90. The minimum Gasteiger partial charge on any atom is -0.355 e. The van der Waals surface area contributed by atoms with E-state index in [9.17, 15) is 8.42 Å². The Morgan fingerprint density at radius 3 is 2.48 bits per heavy atom. The zero-order chi connectivity index (χ0) is 17.4. The van der Waals surface area contributed by atoms with E-state index in [-0.39, 0.29) is 24.0 Å². The average Bonchev–Trinajstić information content (AvgIpc) is 2.58. The van der Waals surface area contributed by atoms with Gasteiger partial charge < -0.3 is 10.6 Å². The van der Waals surface area contributed by atoms with Crippen molar-refractivity contribution in [3.05, 3.63) is 0 Å². The van der Waals surface area contributed by atoms with E-state index in [1.165, 1.54) is 51.3 Å². The van der Waals surface area contributed by atoms with Crippen LogP contribution in [0.15, 0.2) is 4.99 Å². The lowest BCUT2D eigenvalue weighted by Crippen LogP contribution is -2.54.